The van der Waals surface area contributed by atoms with Crippen LogP contribution in [0.1, 0.15) is 41.0 Å². The summed E-state index contributed by atoms with van der Waals surface area (Å²) in [5.41, 5.74) is 3.20. The molecule has 1 N–H and O–H groups in total. The third kappa shape index (κ3) is 2.38. The first kappa shape index (κ1) is 12.6. The van der Waals surface area contributed by atoms with E-state index in [9.17, 15) is 9.59 Å². The van der Waals surface area contributed by atoms with Crippen molar-refractivity contribution in [1.82, 2.24) is 5.32 Å². The Labute approximate surface area is 115 Å². The minimum absolute atomic E-state index is 0. The molecule has 2 saturated carbocycles. The fraction of sp³-hybridized carbons (Fsp3) is 0.625. The quantitative estimate of drug-likeness (QED) is 0.748. The van der Waals surface area contributed by atoms with E-state index in [1.165, 1.54) is 12.0 Å². The van der Waals surface area contributed by atoms with Crippen molar-refractivity contribution in [2.45, 2.75) is 39.5 Å². The van der Waals surface area contributed by atoms with Gasteiger partial charge >= 0.3 is 0 Å². The van der Waals surface area contributed by atoms with Crippen LogP contribution < -0.4 is 5.32 Å². The van der Waals surface area contributed by atoms with E-state index in [1.54, 1.807) is 6.92 Å². The lowest BCUT2D eigenvalue weighted by atomic mass is 9.98. The molecule has 3 aliphatic rings. The van der Waals surface area contributed by atoms with Gasteiger partial charge in [0.25, 0.3) is 0 Å². The lowest BCUT2D eigenvalue weighted by Crippen LogP contribution is -2.24. The van der Waals surface area contributed by atoms with Crippen molar-refractivity contribution in [2.24, 2.45) is 17.8 Å². The average molecular weight is 261 g/mol. The predicted molar refractivity (Wildman–Crippen MR) is 75.5 cm³/mol. The highest BCUT2D eigenvalue weighted by molar-refractivity contribution is 5.98. The number of fused-ring (bicyclic) bond motifs is 1. The van der Waals surface area contributed by atoms with Crippen LogP contribution in [-0.2, 0) is 9.59 Å². The van der Waals surface area contributed by atoms with E-state index in [0.29, 0.717) is 30.1 Å². The van der Waals surface area contributed by atoms with E-state index in [1.807, 2.05) is 13.0 Å². The Morgan fingerprint density at radius 2 is 2.16 bits per heavy atom. The second kappa shape index (κ2) is 4.62. The Balaban J connectivity index is 0.00000147. The second-order valence-electron chi connectivity index (χ2n) is 6.05. The topological polar surface area (TPSA) is 46.2 Å². The maximum Gasteiger partial charge on any atom is 0.159 e. The van der Waals surface area contributed by atoms with Crippen molar-refractivity contribution in [2.75, 3.05) is 6.54 Å². The Bertz CT molecular complexity index is 503. The number of hydrogen-bond acceptors (Lipinski definition) is 3. The molecule has 0 amide bonds. The van der Waals surface area contributed by atoms with Gasteiger partial charge in [-0.15, -0.1) is 0 Å². The van der Waals surface area contributed by atoms with Crippen LogP contribution in [0.3, 0.4) is 0 Å². The number of Topliss-reactive ketones (excluding diaryl/α,β-unsaturated/α-hetero) is 2. The van der Waals surface area contributed by atoms with Gasteiger partial charge in [0.15, 0.2) is 11.6 Å². The van der Waals surface area contributed by atoms with Gasteiger partial charge in [0, 0.05) is 18.6 Å². The maximum atomic E-state index is 11.8. The van der Waals surface area contributed by atoms with E-state index >= 15 is 0 Å². The zero-order chi connectivity index (χ0) is 13.6. The molecule has 0 saturated heterocycles. The zero-order valence-electron chi connectivity index (χ0n) is 11.7. The fourth-order valence-electron chi connectivity index (χ4n) is 3.24. The van der Waals surface area contributed by atoms with Crippen molar-refractivity contribution >= 4 is 11.6 Å². The summed E-state index contributed by atoms with van der Waals surface area (Å²) in [4.78, 5) is 23.5. The van der Waals surface area contributed by atoms with Crippen LogP contribution in [0.15, 0.2) is 22.9 Å². The van der Waals surface area contributed by atoms with Crippen LogP contribution in [0.4, 0.5) is 0 Å². The molecular weight excluding hydrogens is 238 g/mol. The lowest BCUT2D eigenvalue weighted by Gasteiger charge is -2.14. The lowest BCUT2D eigenvalue weighted by molar-refractivity contribution is -0.119. The molecule has 0 radical (unpaired) electrons. The molecule has 0 aromatic rings. The molecule has 3 rings (SSSR count). The maximum absolute atomic E-state index is 11.8. The van der Waals surface area contributed by atoms with Crippen LogP contribution in [-0.4, -0.2) is 18.1 Å². The molecule has 0 bridgehead atoms. The summed E-state index contributed by atoms with van der Waals surface area (Å²) in [6.07, 6.45) is 6.27. The molecule has 3 aliphatic carbocycles. The first-order chi connectivity index (χ1) is 9.11. The Kier molecular flexibility index (Phi) is 3.08. The van der Waals surface area contributed by atoms with E-state index in [2.05, 4.69) is 5.32 Å². The summed E-state index contributed by atoms with van der Waals surface area (Å²) in [7, 11) is 0. The molecule has 0 aromatic carbocycles. The number of nitrogens with one attached hydrogen (secondary N) is 1. The van der Waals surface area contributed by atoms with Gasteiger partial charge in [-0.25, -0.2) is 0 Å². The number of allylic oxidation sites excluding steroid dienone is 4. The highest BCUT2D eigenvalue weighted by Gasteiger charge is 2.48. The average Bonchev–Trinajstić information content (AvgIpc) is 3.27. The van der Waals surface area contributed by atoms with E-state index in [0.717, 1.165) is 30.5 Å². The third-order valence-electron chi connectivity index (χ3n) is 4.55. The minimum Gasteiger partial charge on any atom is -0.381 e. The van der Waals surface area contributed by atoms with Gasteiger partial charge < -0.3 is 5.32 Å². The number of carbonyl (C=O) groups excluding carboxylic acids is 2. The van der Waals surface area contributed by atoms with Gasteiger partial charge in [-0.1, -0.05) is 6.08 Å². The molecule has 2 fully saturated rings. The Morgan fingerprint density at radius 3 is 2.74 bits per heavy atom. The number of ketones is 2. The van der Waals surface area contributed by atoms with Crippen molar-refractivity contribution < 1.29 is 11.0 Å². The van der Waals surface area contributed by atoms with Crippen LogP contribution >= 0.6 is 0 Å². The molecule has 0 aromatic heterocycles. The van der Waals surface area contributed by atoms with Crippen molar-refractivity contribution in [3.05, 3.63) is 22.9 Å². The molecule has 19 heavy (non-hydrogen) atoms. The van der Waals surface area contributed by atoms with Gasteiger partial charge in [0.1, 0.15) is 0 Å². The molecule has 2 atom stereocenters. The van der Waals surface area contributed by atoms with E-state index in [-0.39, 0.29) is 7.21 Å². The van der Waals surface area contributed by atoms with Crippen LogP contribution in [0.5, 0.6) is 0 Å². The molecule has 0 aliphatic heterocycles. The monoisotopic (exact) mass is 261 g/mol. The van der Waals surface area contributed by atoms with E-state index < -0.39 is 0 Å². The van der Waals surface area contributed by atoms with Gasteiger partial charge in [0.05, 0.1) is 6.54 Å². The summed E-state index contributed by atoms with van der Waals surface area (Å²) in [6, 6.07) is 0. The summed E-state index contributed by atoms with van der Waals surface area (Å²) < 4.78 is 0. The molecule has 0 spiro atoms. The predicted octanol–water partition coefficient (Wildman–Crippen LogP) is 2.63. The highest BCUT2D eigenvalue weighted by Crippen LogP contribution is 2.56. The van der Waals surface area contributed by atoms with Crippen molar-refractivity contribution in [3.63, 3.8) is 0 Å². The van der Waals surface area contributed by atoms with Crippen molar-refractivity contribution in [1.29, 1.82) is 0 Å². The second-order valence-corrected chi connectivity index (χ2v) is 6.05. The number of carbonyl (C=O) groups is 2. The Hall–Kier alpha value is -1.38. The van der Waals surface area contributed by atoms with Gasteiger partial charge in [0.2, 0.25) is 0 Å². The molecular formula is C16H23NO2. The molecule has 3 heteroatoms. The normalized spacial score (nSPS) is 29.3. The summed E-state index contributed by atoms with van der Waals surface area (Å²) in [5.74, 6) is 2.05. The zero-order valence-corrected chi connectivity index (χ0v) is 11.7. The molecule has 104 valence electrons. The molecule has 0 heterocycles. The summed E-state index contributed by atoms with van der Waals surface area (Å²) >= 11 is 0. The van der Waals surface area contributed by atoms with Gasteiger partial charge in [-0.2, -0.15) is 0 Å². The van der Waals surface area contributed by atoms with Crippen LogP contribution in [0.2, 0.25) is 0 Å². The van der Waals surface area contributed by atoms with Crippen LogP contribution in [0, 0.1) is 17.8 Å². The summed E-state index contributed by atoms with van der Waals surface area (Å²) in [6.45, 7) is 4.00. The SMILES string of the molecule is C/C=C(/C(C)=O)C1=C(NCC(=O)C2CC2)CC2CC12.[HH]. The number of hydrogen-bond donors (Lipinski definition) is 1. The smallest absolute Gasteiger partial charge is 0.159 e. The van der Waals surface area contributed by atoms with Crippen molar-refractivity contribution in [3.8, 4) is 0 Å². The first-order valence-electron chi connectivity index (χ1n) is 7.29. The Morgan fingerprint density at radius 1 is 1.42 bits per heavy atom. The standard InChI is InChI=1S/C16H21NO2.H2/c1-3-12(9(2)18)16-13-6-11(13)7-14(16)17-8-15(19)10-4-5-10;/h3,10-11,13,17H,4-8H2,1-2H3;1H/b12-3-;. The number of rotatable bonds is 6. The van der Waals surface area contributed by atoms with Gasteiger partial charge in [-0.3, -0.25) is 9.59 Å². The van der Waals surface area contributed by atoms with Gasteiger partial charge in [-0.05, 0) is 56.9 Å². The third-order valence-corrected chi connectivity index (χ3v) is 4.55. The molecule has 2 unspecified atom stereocenters. The van der Waals surface area contributed by atoms with E-state index in [4.69, 9.17) is 0 Å². The van der Waals surface area contributed by atoms with Crippen LogP contribution in [0.25, 0.3) is 0 Å². The fourth-order valence-corrected chi connectivity index (χ4v) is 3.24. The highest BCUT2D eigenvalue weighted by atomic mass is 16.1. The largest absolute Gasteiger partial charge is 0.381 e. The first-order valence-corrected chi connectivity index (χ1v) is 7.29. The molecule has 3 nitrogen and oxygen atoms in total. The minimum atomic E-state index is 0. The summed E-state index contributed by atoms with van der Waals surface area (Å²) in [5, 5.41) is 3.32.